The Kier molecular flexibility index (Phi) is 6.02. The van der Waals surface area contributed by atoms with Crippen LogP contribution in [0.25, 0.3) is 0 Å². The van der Waals surface area contributed by atoms with E-state index in [1.165, 1.54) is 0 Å². The largest absolute Gasteiger partial charge is 0.480 e. The zero-order chi connectivity index (χ0) is 14.3. The predicted molar refractivity (Wildman–Crippen MR) is 72.5 cm³/mol. The number of carboxylic acids is 1. The molecule has 1 aromatic carbocycles. The molecule has 0 aliphatic rings. The number of carboxylic acid groups (broad SMARTS) is 1. The Labute approximate surface area is 112 Å². The summed E-state index contributed by atoms with van der Waals surface area (Å²) >= 11 is 0. The first kappa shape index (κ1) is 15.2. The third-order valence-corrected chi connectivity index (χ3v) is 2.90. The number of hydrogen-bond acceptors (Lipinski definition) is 3. The predicted octanol–water partition coefficient (Wildman–Crippen LogP) is 1.45. The van der Waals surface area contributed by atoms with E-state index in [2.05, 4.69) is 5.32 Å². The number of aliphatic carboxylic acids is 1. The van der Waals surface area contributed by atoms with Gasteiger partial charge < -0.3 is 16.2 Å². The van der Waals surface area contributed by atoms with Gasteiger partial charge in [0.15, 0.2) is 0 Å². The van der Waals surface area contributed by atoms with Gasteiger partial charge in [0.25, 0.3) is 0 Å². The van der Waals surface area contributed by atoms with Crippen LogP contribution in [-0.2, 0) is 9.59 Å². The van der Waals surface area contributed by atoms with Gasteiger partial charge in [0.05, 0.1) is 0 Å². The highest BCUT2D eigenvalue weighted by atomic mass is 16.4. The van der Waals surface area contributed by atoms with Crippen LogP contribution in [0.2, 0.25) is 0 Å². The van der Waals surface area contributed by atoms with E-state index in [9.17, 15) is 9.59 Å². The second kappa shape index (κ2) is 7.53. The van der Waals surface area contributed by atoms with Crippen molar-refractivity contribution in [3.63, 3.8) is 0 Å². The van der Waals surface area contributed by atoms with Crippen molar-refractivity contribution in [1.82, 2.24) is 5.32 Å². The van der Waals surface area contributed by atoms with Crippen LogP contribution in [0.1, 0.15) is 37.8 Å². The molecule has 0 fully saturated rings. The second-order valence-corrected chi connectivity index (χ2v) is 4.43. The molecule has 0 bridgehead atoms. The molecule has 0 aliphatic carbocycles. The maximum absolute atomic E-state index is 11.9. The van der Waals surface area contributed by atoms with Crippen LogP contribution < -0.4 is 11.1 Å². The number of unbranched alkanes of at least 4 members (excludes halogenated alkanes) is 1. The van der Waals surface area contributed by atoms with E-state index in [0.29, 0.717) is 12.0 Å². The molecule has 1 aromatic rings. The summed E-state index contributed by atoms with van der Waals surface area (Å²) < 4.78 is 0. The Morgan fingerprint density at radius 1 is 1.32 bits per heavy atom. The van der Waals surface area contributed by atoms with Gasteiger partial charge in [-0.1, -0.05) is 50.1 Å². The van der Waals surface area contributed by atoms with E-state index in [1.807, 2.05) is 13.0 Å². The summed E-state index contributed by atoms with van der Waals surface area (Å²) in [5.41, 5.74) is 6.48. The monoisotopic (exact) mass is 264 g/mol. The molecule has 0 aromatic heterocycles. The minimum atomic E-state index is -1.03. The van der Waals surface area contributed by atoms with Crippen LogP contribution in [0.3, 0.4) is 0 Å². The summed E-state index contributed by atoms with van der Waals surface area (Å²) in [6.45, 7) is 1.97. The molecule has 0 heterocycles. The lowest BCUT2D eigenvalue weighted by Gasteiger charge is -2.17. The zero-order valence-electron chi connectivity index (χ0n) is 11.0. The first-order valence-corrected chi connectivity index (χ1v) is 6.40. The molecule has 0 saturated heterocycles. The lowest BCUT2D eigenvalue weighted by atomic mass is 10.1. The Balaban J connectivity index is 2.64. The Morgan fingerprint density at radius 3 is 2.47 bits per heavy atom. The average Bonchev–Trinajstić information content (AvgIpc) is 2.43. The van der Waals surface area contributed by atoms with Gasteiger partial charge in [0.1, 0.15) is 12.1 Å². The van der Waals surface area contributed by atoms with Crippen LogP contribution in [0.5, 0.6) is 0 Å². The van der Waals surface area contributed by atoms with Gasteiger partial charge in [-0.2, -0.15) is 0 Å². The molecule has 1 amide bonds. The Hall–Kier alpha value is -1.88. The number of rotatable bonds is 7. The number of nitrogens with one attached hydrogen (secondary N) is 1. The molecule has 5 heteroatoms. The molecule has 104 valence electrons. The fourth-order valence-electron chi connectivity index (χ4n) is 1.74. The quantitative estimate of drug-likeness (QED) is 0.695. The molecule has 1 rings (SSSR count). The maximum Gasteiger partial charge on any atom is 0.326 e. The van der Waals surface area contributed by atoms with Gasteiger partial charge in [0.2, 0.25) is 5.91 Å². The summed E-state index contributed by atoms with van der Waals surface area (Å²) in [6.07, 6.45) is 2.04. The highest BCUT2D eigenvalue weighted by Gasteiger charge is 2.23. The lowest BCUT2D eigenvalue weighted by molar-refractivity contribution is -0.142. The van der Waals surface area contributed by atoms with Crippen molar-refractivity contribution in [2.75, 3.05) is 0 Å². The highest BCUT2D eigenvalue weighted by molar-refractivity contribution is 5.87. The molecule has 1 unspecified atom stereocenters. The van der Waals surface area contributed by atoms with Crippen LogP contribution in [0.4, 0.5) is 0 Å². The summed E-state index contributed by atoms with van der Waals surface area (Å²) in [5.74, 6) is -1.49. The topological polar surface area (TPSA) is 92.4 Å². The van der Waals surface area contributed by atoms with E-state index in [4.69, 9.17) is 10.8 Å². The van der Waals surface area contributed by atoms with Gasteiger partial charge in [-0.05, 0) is 12.0 Å². The van der Waals surface area contributed by atoms with Crippen molar-refractivity contribution in [3.05, 3.63) is 35.9 Å². The minimum absolute atomic E-state index is 0.416. The third kappa shape index (κ3) is 4.71. The van der Waals surface area contributed by atoms with E-state index in [0.717, 1.165) is 12.8 Å². The number of carbonyl (C=O) groups excluding carboxylic acids is 1. The molecular formula is C14H20N2O3. The van der Waals surface area contributed by atoms with E-state index < -0.39 is 24.0 Å². The number of benzene rings is 1. The summed E-state index contributed by atoms with van der Waals surface area (Å²) in [7, 11) is 0. The minimum Gasteiger partial charge on any atom is -0.480 e. The van der Waals surface area contributed by atoms with Crippen LogP contribution >= 0.6 is 0 Å². The standard InChI is InChI=1S/C14H20N2O3/c1-2-3-9-11(14(18)19)16-13(17)12(15)10-7-5-4-6-8-10/h4-8,11-12H,2-3,9,15H2,1H3,(H,16,17)(H,18,19)/t11?,12-/m1/s1. The van der Waals surface area contributed by atoms with Gasteiger partial charge >= 0.3 is 5.97 Å². The van der Waals surface area contributed by atoms with E-state index in [1.54, 1.807) is 24.3 Å². The first-order valence-electron chi connectivity index (χ1n) is 6.40. The number of nitrogens with two attached hydrogens (primary N) is 1. The van der Waals surface area contributed by atoms with Crippen molar-refractivity contribution in [2.24, 2.45) is 5.73 Å². The average molecular weight is 264 g/mol. The highest BCUT2D eigenvalue weighted by Crippen LogP contribution is 2.10. The first-order chi connectivity index (χ1) is 9.06. The summed E-state index contributed by atoms with van der Waals surface area (Å²) in [5, 5.41) is 11.5. The number of hydrogen-bond donors (Lipinski definition) is 3. The Bertz CT molecular complexity index is 420. The van der Waals surface area contributed by atoms with Crippen molar-refractivity contribution in [1.29, 1.82) is 0 Å². The molecule has 0 spiro atoms. The smallest absolute Gasteiger partial charge is 0.326 e. The van der Waals surface area contributed by atoms with Gasteiger partial charge in [0, 0.05) is 0 Å². The fourth-order valence-corrected chi connectivity index (χ4v) is 1.74. The molecule has 0 saturated carbocycles. The van der Waals surface area contributed by atoms with Crippen LogP contribution in [0, 0.1) is 0 Å². The van der Waals surface area contributed by atoms with Gasteiger partial charge in [-0.3, -0.25) is 4.79 Å². The van der Waals surface area contributed by atoms with E-state index in [-0.39, 0.29) is 0 Å². The normalized spacial score (nSPS) is 13.6. The molecule has 19 heavy (non-hydrogen) atoms. The summed E-state index contributed by atoms with van der Waals surface area (Å²) in [4.78, 5) is 23.0. The molecular weight excluding hydrogens is 244 g/mol. The summed E-state index contributed by atoms with van der Waals surface area (Å²) in [6, 6.07) is 7.17. The van der Waals surface area contributed by atoms with Crippen LogP contribution in [-0.4, -0.2) is 23.0 Å². The number of amides is 1. The second-order valence-electron chi connectivity index (χ2n) is 4.43. The van der Waals surface area contributed by atoms with Crippen molar-refractivity contribution in [3.8, 4) is 0 Å². The molecule has 5 nitrogen and oxygen atoms in total. The SMILES string of the molecule is CCCCC(NC(=O)[C@H](N)c1ccccc1)C(=O)O. The van der Waals surface area contributed by atoms with Crippen LogP contribution in [0.15, 0.2) is 30.3 Å². The molecule has 0 radical (unpaired) electrons. The molecule has 4 N–H and O–H groups in total. The van der Waals surface area contributed by atoms with E-state index >= 15 is 0 Å². The molecule has 2 atom stereocenters. The van der Waals surface area contributed by atoms with Crippen molar-refractivity contribution >= 4 is 11.9 Å². The number of carbonyl (C=O) groups is 2. The van der Waals surface area contributed by atoms with Gasteiger partial charge in [-0.25, -0.2) is 4.79 Å². The fraction of sp³-hybridized carbons (Fsp3) is 0.429. The zero-order valence-corrected chi connectivity index (χ0v) is 11.0. The van der Waals surface area contributed by atoms with Crippen molar-refractivity contribution in [2.45, 2.75) is 38.3 Å². The maximum atomic E-state index is 11.9. The Morgan fingerprint density at radius 2 is 1.95 bits per heavy atom. The third-order valence-electron chi connectivity index (χ3n) is 2.90. The lowest BCUT2D eigenvalue weighted by Crippen LogP contribution is -2.44. The van der Waals surface area contributed by atoms with Crippen molar-refractivity contribution < 1.29 is 14.7 Å². The molecule has 0 aliphatic heterocycles. The van der Waals surface area contributed by atoms with Gasteiger partial charge in [-0.15, -0.1) is 0 Å².